The Hall–Kier alpha value is -2.53. The van der Waals surface area contributed by atoms with E-state index in [0.29, 0.717) is 18.4 Å². The van der Waals surface area contributed by atoms with Crippen molar-refractivity contribution in [2.75, 3.05) is 26.9 Å². The minimum Gasteiger partial charge on any atom is -0.496 e. The lowest BCUT2D eigenvalue weighted by atomic mass is 9.78. The highest BCUT2D eigenvalue weighted by molar-refractivity contribution is 5.69. The second-order valence-electron chi connectivity index (χ2n) is 8.26. The van der Waals surface area contributed by atoms with Gasteiger partial charge in [0.1, 0.15) is 12.4 Å². The second kappa shape index (κ2) is 9.52. The largest absolute Gasteiger partial charge is 0.496 e. The van der Waals surface area contributed by atoms with Crippen LogP contribution in [-0.2, 0) is 16.1 Å². The number of rotatable bonds is 5. The molecule has 0 aromatic heterocycles. The molecule has 2 aliphatic rings. The standard InChI is InChI=1S/C25H31NO4/c1-18-21(9-6-10-23(18)28-2)24-22(20-12-15-29-16-13-20)11-14-26(24)25(27)30-17-19-7-4-3-5-8-19/h3-10,20,22,24H,11-17H2,1-2H3/t22-,24+/m0/s1. The van der Waals surface area contributed by atoms with Gasteiger partial charge in [-0.2, -0.15) is 0 Å². The molecule has 2 aromatic carbocycles. The first-order chi connectivity index (χ1) is 14.7. The molecule has 0 aliphatic carbocycles. The molecule has 5 heteroatoms. The molecule has 0 bridgehead atoms. The summed E-state index contributed by atoms with van der Waals surface area (Å²) in [7, 11) is 1.70. The number of carbonyl (C=O) groups excluding carboxylic acids is 1. The summed E-state index contributed by atoms with van der Waals surface area (Å²) in [6, 6.07) is 16.0. The average molecular weight is 410 g/mol. The summed E-state index contributed by atoms with van der Waals surface area (Å²) in [5, 5.41) is 0. The van der Waals surface area contributed by atoms with Crippen molar-refractivity contribution in [3.8, 4) is 5.75 Å². The number of hydrogen-bond acceptors (Lipinski definition) is 4. The fourth-order valence-corrected chi connectivity index (χ4v) is 5.03. The predicted molar refractivity (Wildman–Crippen MR) is 115 cm³/mol. The fraction of sp³-hybridized carbons (Fsp3) is 0.480. The van der Waals surface area contributed by atoms with E-state index in [2.05, 4.69) is 13.0 Å². The van der Waals surface area contributed by atoms with Crippen LogP contribution in [0.4, 0.5) is 4.79 Å². The molecule has 2 aromatic rings. The van der Waals surface area contributed by atoms with Crippen LogP contribution in [0.1, 0.15) is 42.0 Å². The van der Waals surface area contributed by atoms with Crippen molar-refractivity contribution in [3.05, 3.63) is 65.2 Å². The quantitative estimate of drug-likeness (QED) is 0.687. The molecule has 0 N–H and O–H groups in total. The summed E-state index contributed by atoms with van der Waals surface area (Å²) >= 11 is 0. The third-order valence-electron chi connectivity index (χ3n) is 6.62. The minimum absolute atomic E-state index is 0.00599. The fourth-order valence-electron chi connectivity index (χ4n) is 5.03. The van der Waals surface area contributed by atoms with E-state index in [1.165, 1.54) is 5.56 Å². The van der Waals surface area contributed by atoms with Gasteiger partial charge in [-0.1, -0.05) is 42.5 Å². The molecule has 2 heterocycles. The zero-order chi connectivity index (χ0) is 20.9. The van der Waals surface area contributed by atoms with E-state index >= 15 is 0 Å². The summed E-state index contributed by atoms with van der Waals surface area (Å²) in [6.07, 6.45) is 2.86. The number of methoxy groups -OCH3 is 1. The van der Waals surface area contributed by atoms with Gasteiger partial charge in [0.25, 0.3) is 0 Å². The van der Waals surface area contributed by atoms with Crippen LogP contribution < -0.4 is 4.74 Å². The van der Waals surface area contributed by atoms with E-state index in [4.69, 9.17) is 14.2 Å². The molecule has 0 radical (unpaired) electrons. The molecular weight excluding hydrogens is 378 g/mol. The Kier molecular flexibility index (Phi) is 6.58. The van der Waals surface area contributed by atoms with Crippen molar-refractivity contribution in [1.82, 2.24) is 4.90 Å². The maximum Gasteiger partial charge on any atom is 0.410 e. The lowest BCUT2D eigenvalue weighted by Crippen LogP contribution is -2.35. The van der Waals surface area contributed by atoms with E-state index in [9.17, 15) is 4.79 Å². The summed E-state index contributed by atoms with van der Waals surface area (Å²) in [4.78, 5) is 15.1. The van der Waals surface area contributed by atoms with Gasteiger partial charge in [-0.25, -0.2) is 4.79 Å². The zero-order valence-corrected chi connectivity index (χ0v) is 17.9. The van der Waals surface area contributed by atoms with Gasteiger partial charge in [0.2, 0.25) is 0 Å². The SMILES string of the molecule is COc1cccc([C@@H]2[C@H](C3CCOCC3)CCN2C(=O)OCc2ccccc2)c1C. The van der Waals surface area contributed by atoms with E-state index in [1.807, 2.05) is 47.4 Å². The van der Waals surface area contributed by atoms with Crippen LogP contribution in [0.15, 0.2) is 48.5 Å². The normalized spacial score (nSPS) is 22.1. The van der Waals surface area contributed by atoms with Gasteiger partial charge in [0.15, 0.2) is 0 Å². The van der Waals surface area contributed by atoms with Crippen molar-refractivity contribution in [1.29, 1.82) is 0 Å². The molecule has 0 unspecified atom stereocenters. The maximum atomic E-state index is 13.1. The van der Waals surface area contributed by atoms with Crippen LogP contribution in [0.3, 0.4) is 0 Å². The maximum absolute atomic E-state index is 13.1. The third-order valence-corrected chi connectivity index (χ3v) is 6.62. The Morgan fingerprint density at radius 3 is 2.57 bits per heavy atom. The van der Waals surface area contributed by atoms with Crippen molar-refractivity contribution in [3.63, 3.8) is 0 Å². The first kappa shape index (κ1) is 20.7. The Bertz CT molecular complexity index is 847. The molecule has 160 valence electrons. The lowest BCUT2D eigenvalue weighted by Gasteiger charge is -2.35. The monoisotopic (exact) mass is 409 g/mol. The van der Waals surface area contributed by atoms with Gasteiger partial charge >= 0.3 is 6.09 Å². The summed E-state index contributed by atoms with van der Waals surface area (Å²) in [5.74, 6) is 1.83. The number of likely N-dealkylation sites (tertiary alicyclic amines) is 1. The van der Waals surface area contributed by atoms with Crippen LogP contribution in [0.5, 0.6) is 5.75 Å². The molecule has 2 fully saturated rings. The number of benzene rings is 2. The van der Waals surface area contributed by atoms with E-state index in [0.717, 1.165) is 55.9 Å². The number of carbonyl (C=O) groups is 1. The van der Waals surface area contributed by atoms with E-state index in [1.54, 1.807) is 7.11 Å². The van der Waals surface area contributed by atoms with Crippen LogP contribution >= 0.6 is 0 Å². The predicted octanol–water partition coefficient (Wildman–Crippen LogP) is 5.13. The molecule has 30 heavy (non-hydrogen) atoms. The molecule has 1 amide bonds. The molecule has 2 saturated heterocycles. The third kappa shape index (κ3) is 4.31. The van der Waals surface area contributed by atoms with Crippen LogP contribution in [0, 0.1) is 18.8 Å². The number of hydrogen-bond donors (Lipinski definition) is 0. The second-order valence-corrected chi connectivity index (χ2v) is 8.26. The average Bonchev–Trinajstić information content (AvgIpc) is 3.24. The Labute approximate surface area is 178 Å². The van der Waals surface area contributed by atoms with E-state index < -0.39 is 0 Å². The first-order valence-corrected chi connectivity index (χ1v) is 10.9. The van der Waals surface area contributed by atoms with Crippen molar-refractivity contribution >= 4 is 6.09 Å². The summed E-state index contributed by atoms with van der Waals surface area (Å²) < 4.78 is 16.9. The van der Waals surface area contributed by atoms with E-state index in [-0.39, 0.29) is 12.1 Å². The number of ether oxygens (including phenoxy) is 3. The number of nitrogens with zero attached hydrogens (tertiary/aromatic N) is 1. The molecule has 5 nitrogen and oxygen atoms in total. The Morgan fingerprint density at radius 2 is 1.83 bits per heavy atom. The number of amides is 1. The van der Waals surface area contributed by atoms with Gasteiger partial charge in [-0.3, -0.25) is 0 Å². The highest BCUT2D eigenvalue weighted by atomic mass is 16.6. The summed E-state index contributed by atoms with van der Waals surface area (Å²) in [5.41, 5.74) is 3.27. The Morgan fingerprint density at radius 1 is 1.07 bits per heavy atom. The molecule has 0 saturated carbocycles. The van der Waals surface area contributed by atoms with Crippen LogP contribution in [-0.4, -0.2) is 37.9 Å². The van der Waals surface area contributed by atoms with Crippen molar-refractivity contribution in [2.45, 2.75) is 38.8 Å². The molecular formula is C25H31NO4. The lowest BCUT2D eigenvalue weighted by molar-refractivity contribution is 0.0355. The molecule has 2 aliphatic heterocycles. The zero-order valence-electron chi connectivity index (χ0n) is 17.9. The van der Waals surface area contributed by atoms with Gasteiger partial charge in [-0.15, -0.1) is 0 Å². The Balaban J connectivity index is 1.59. The molecule has 2 atom stereocenters. The van der Waals surface area contributed by atoms with Crippen molar-refractivity contribution in [2.24, 2.45) is 11.8 Å². The van der Waals surface area contributed by atoms with Crippen molar-refractivity contribution < 1.29 is 19.0 Å². The minimum atomic E-state index is -0.236. The topological polar surface area (TPSA) is 48.0 Å². The molecule has 0 spiro atoms. The highest BCUT2D eigenvalue weighted by Gasteiger charge is 2.43. The van der Waals surface area contributed by atoms with Gasteiger partial charge in [0.05, 0.1) is 13.2 Å². The van der Waals surface area contributed by atoms with Gasteiger partial charge < -0.3 is 19.1 Å². The first-order valence-electron chi connectivity index (χ1n) is 10.9. The van der Waals surface area contributed by atoms with Crippen LogP contribution in [0.25, 0.3) is 0 Å². The smallest absolute Gasteiger partial charge is 0.410 e. The van der Waals surface area contributed by atoms with Gasteiger partial charge in [-0.05, 0) is 60.8 Å². The van der Waals surface area contributed by atoms with Gasteiger partial charge in [0, 0.05) is 19.8 Å². The summed E-state index contributed by atoms with van der Waals surface area (Å²) in [6.45, 7) is 4.72. The van der Waals surface area contributed by atoms with Crippen LogP contribution in [0.2, 0.25) is 0 Å². The highest BCUT2D eigenvalue weighted by Crippen LogP contribution is 2.46. The molecule has 4 rings (SSSR count).